The zero-order valence-electron chi connectivity index (χ0n) is 14.4. The number of amides is 1. The Morgan fingerprint density at radius 2 is 2.11 bits per heavy atom. The Morgan fingerprint density at radius 1 is 1.30 bits per heavy atom. The van der Waals surface area contributed by atoms with Crippen LogP contribution in [0.25, 0.3) is 0 Å². The summed E-state index contributed by atoms with van der Waals surface area (Å²) in [7, 11) is 0. The van der Waals surface area contributed by atoms with E-state index in [9.17, 15) is 14.7 Å². The molecule has 1 atom stereocenters. The van der Waals surface area contributed by atoms with Crippen molar-refractivity contribution in [2.24, 2.45) is 0 Å². The molecule has 1 aliphatic rings. The van der Waals surface area contributed by atoms with Crippen molar-refractivity contribution in [3.8, 4) is 0 Å². The Hall–Kier alpha value is -2.41. The predicted molar refractivity (Wildman–Crippen MR) is 103 cm³/mol. The number of nitrogens with zero attached hydrogens (tertiary/aromatic N) is 1. The van der Waals surface area contributed by atoms with E-state index in [0.29, 0.717) is 28.6 Å². The van der Waals surface area contributed by atoms with Crippen LogP contribution in [0.1, 0.15) is 33.2 Å². The Morgan fingerprint density at radius 3 is 2.78 bits per heavy atom. The summed E-state index contributed by atoms with van der Waals surface area (Å²) in [6, 6.07) is 11.9. The highest BCUT2D eigenvalue weighted by molar-refractivity contribution is 7.09. The van der Waals surface area contributed by atoms with Gasteiger partial charge in [-0.2, -0.15) is 0 Å². The number of carbonyl (C=O) groups is 2. The van der Waals surface area contributed by atoms with Gasteiger partial charge in [0.05, 0.1) is 18.7 Å². The number of furan rings is 1. The lowest BCUT2D eigenvalue weighted by atomic mass is 9.89. The van der Waals surface area contributed by atoms with Crippen molar-refractivity contribution < 1.29 is 19.1 Å². The molecule has 3 aromatic rings. The van der Waals surface area contributed by atoms with E-state index < -0.39 is 23.7 Å². The van der Waals surface area contributed by atoms with Gasteiger partial charge in [-0.15, -0.1) is 11.3 Å². The average Bonchev–Trinajstić information content (AvgIpc) is 3.33. The van der Waals surface area contributed by atoms with Gasteiger partial charge in [-0.3, -0.25) is 9.59 Å². The van der Waals surface area contributed by atoms with Crippen molar-refractivity contribution in [1.82, 2.24) is 0 Å². The Kier molecular flexibility index (Phi) is 4.42. The number of thiophene rings is 1. The van der Waals surface area contributed by atoms with Gasteiger partial charge in [-0.1, -0.05) is 17.7 Å². The minimum absolute atomic E-state index is 0.119. The minimum Gasteiger partial charge on any atom is -0.458 e. The van der Waals surface area contributed by atoms with E-state index in [-0.39, 0.29) is 5.76 Å². The molecule has 1 amide bonds. The second kappa shape index (κ2) is 6.64. The van der Waals surface area contributed by atoms with E-state index in [1.54, 1.807) is 37.3 Å². The smallest absolute Gasteiger partial charge is 0.264 e. The quantitative estimate of drug-likeness (QED) is 0.646. The molecule has 27 heavy (non-hydrogen) atoms. The second-order valence-electron chi connectivity index (χ2n) is 6.50. The van der Waals surface area contributed by atoms with E-state index in [1.807, 2.05) is 17.5 Å². The lowest BCUT2D eigenvalue weighted by molar-refractivity contribution is -0.136. The summed E-state index contributed by atoms with van der Waals surface area (Å²) in [4.78, 5) is 28.2. The summed E-state index contributed by atoms with van der Waals surface area (Å²) in [5, 5.41) is 13.6. The maximum Gasteiger partial charge on any atom is 0.264 e. The van der Waals surface area contributed by atoms with Gasteiger partial charge in [-0.05, 0) is 48.7 Å². The average molecular weight is 402 g/mol. The lowest BCUT2D eigenvalue weighted by Crippen LogP contribution is -2.41. The minimum atomic E-state index is -1.98. The second-order valence-corrected chi connectivity index (χ2v) is 7.97. The molecule has 1 aromatic carbocycles. The molecule has 0 fully saturated rings. The number of hydrogen-bond acceptors (Lipinski definition) is 5. The number of aryl methyl sites for hydroxylation is 1. The lowest BCUT2D eigenvalue weighted by Gasteiger charge is -2.22. The van der Waals surface area contributed by atoms with E-state index in [4.69, 9.17) is 16.0 Å². The van der Waals surface area contributed by atoms with Gasteiger partial charge in [0.25, 0.3) is 5.91 Å². The maximum absolute atomic E-state index is 13.1. The van der Waals surface area contributed by atoms with Gasteiger partial charge in [-0.25, -0.2) is 0 Å². The van der Waals surface area contributed by atoms with Gasteiger partial charge in [0.15, 0.2) is 11.4 Å². The normalized spacial score (nSPS) is 18.8. The molecule has 0 aliphatic carbocycles. The van der Waals surface area contributed by atoms with Crippen LogP contribution in [-0.2, 0) is 16.9 Å². The standard InChI is InChI=1S/C20H16ClNO4S/c1-12-4-7-18(26-12)17(23)10-20(25)15-9-13(21)5-6-16(15)22(19(20)24)11-14-3-2-8-27-14/h2-9,25H,10-11H2,1H3/t20-/m0/s1. The molecule has 7 heteroatoms. The van der Waals surface area contributed by atoms with Crippen molar-refractivity contribution in [3.63, 3.8) is 0 Å². The number of benzene rings is 1. The Balaban J connectivity index is 1.72. The molecule has 3 heterocycles. The van der Waals surface area contributed by atoms with Crippen LogP contribution in [0.4, 0.5) is 5.69 Å². The summed E-state index contributed by atoms with van der Waals surface area (Å²) < 4.78 is 5.35. The topological polar surface area (TPSA) is 70.8 Å². The molecule has 5 nitrogen and oxygen atoms in total. The maximum atomic E-state index is 13.1. The van der Waals surface area contributed by atoms with Crippen LogP contribution in [-0.4, -0.2) is 16.8 Å². The first kappa shape index (κ1) is 18.0. The number of ketones is 1. The molecular weight excluding hydrogens is 386 g/mol. The van der Waals surface area contributed by atoms with E-state index in [1.165, 1.54) is 16.2 Å². The van der Waals surface area contributed by atoms with Crippen molar-refractivity contribution in [2.75, 3.05) is 4.90 Å². The molecule has 138 valence electrons. The predicted octanol–water partition coefficient (Wildman–Crippen LogP) is 4.31. The van der Waals surface area contributed by atoms with Crippen LogP contribution in [0, 0.1) is 6.92 Å². The molecule has 0 radical (unpaired) electrons. The Bertz CT molecular complexity index is 1030. The van der Waals surface area contributed by atoms with Crippen LogP contribution >= 0.6 is 22.9 Å². The third-order valence-corrected chi connectivity index (χ3v) is 5.72. The van der Waals surface area contributed by atoms with Crippen LogP contribution in [0.3, 0.4) is 0 Å². The SMILES string of the molecule is Cc1ccc(C(=O)C[C@@]2(O)C(=O)N(Cc3cccs3)c3ccc(Cl)cc32)o1. The molecule has 0 unspecified atom stereocenters. The molecular formula is C20H16ClNO4S. The highest BCUT2D eigenvalue weighted by Crippen LogP contribution is 2.45. The number of aliphatic hydroxyl groups is 1. The number of anilines is 1. The van der Waals surface area contributed by atoms with Crippen molar-refractivity contribution >= 4 is 40.3 Å². The number of halogens is 1. The molecule has 4 rings (SSSR count). The van der Waals surface area contributed by atoms with E-state index in [2.05, 4.69) is 0 Å². The fourth-order valence-electron chi connectivity index (χ4n) is 3.31. The van der Waals surface area contributed by atoms with Crippen molar-refractivity contribution in [1.29, 1.82) is 0 Å². The van der Waals surface area contributed by atoms with E-state index >= 15 is 0 Å². The Labute approximate surface area is 164 Å². The highest BCUT2D eigenvalue weighted by atomic mass is 35.5. The molecule has 0 saturated heterocycles. The van der Waals surface area contributed by atoms with Crippen LogP contribution in [0.15, 0.2) is 52.3 Å². The van der Waals surface area contributed by atoms with Crippen LogP contribution in [0.2, 0.25) is 5.02 Å². The number of hydrogen-bond donors (Lipinski definition) is 1. The zero-order chi connectivity index (χ0) is 19.2. The summed E-state index contributed by atoms with van der Waals surface area (Å²) in [5.41, 5.74) is -1.08. The van der Waals surface area contributed by atoms with Gasteiger partial charge in [0.2, 0.25) is 5.78 Å². The van der Waals surface area contributed by atoms with E-state index in [0.717, 1.165) is 4.88 Å². The molecule has 0 saturated carbocycles. The van der Waals surface area contributed by atoms with Crippen molar-refractivity contribution in [2.45, 2.75) is 25.5 Å². The summed E-state index contributed by atoms with van der Waals surface area (Å²) in [6.07, 6.45) is -0.410. The number of rotatable bonds is 5. The molecule has 1 N–H and O–H groups in total. The largest absolute Gasteiger partial charge is 0.458 e. The number of carbonyl (C=O) groups excluding carboxylic acids is 2. The first-order valence-corrected chi connectivity index (χ1v) is 9.60. The first-order chi connectivity index (χ1) is 12.9. The molecule has 0 bridgehead atoms. The van der Waals surface area contributed by atoms with Gasteiger partial charge < -0.3 is 14.4 Å². The summed E-state index contributed by atoms with van der Waals surface area (Å²) >= 11 is 7.62. The third-order valence-electron chi connectivity index (χ3n) is 4.62. The number of Topliss-reactive ketones (excluding diaryl/α,β-unsaturated/α-hetero) is 1. The van der Waals surface area contributed by atoms with Crippen LogP contribution < -0.4 is 4.90 Å². The monoisotopic (exact) mass is 401 g/mol. The van der Waals surface area contributed by atoms with Gasteiger partial charge in [0.1, 0.15) is 5.76 Å². The third kappa shape index (κ3) is 3.10. The zero-order valence-corrected chi connectivity index (χ0v) is 16.0. The summed E-state index contributed by atoms with van der Waals surface area (Å²) in [5.74, 6) is -0.271. The molecule has 1 aliphatic heterocycles. The molecule has 2 aromatic heterocycles. The fourth-order valence-corrected chi connectivity index (χ4v) is 4.18. The van der Waals surface area contributed by atoms with Crippen molar-refractivity contribution in [3.05, 3.63) is 74.8 Å². The highest BCUT2D eigenvalue weighted by Gasteiger charge is 2.51. The molecule has 0 spiro atoms. The van der Waals surface area contributed by atoms with Gasteiger partial charge >= 0.3 is 0 Å². The fraction of sp³-hybridized carbons (Fsp3) is 0.200. The van der Waals surface area contributed by atoms with Gasteiger partial charge in [0, 0.05) is 15.5 Å². The summed E-state index contributed by atoms with van der Waals surface area (Å²) in [6.45, 7) is 2.05. The first-order valence-electron chi connectivity index (χ1n) is 8.35. The van der Waals surface area contributed by atoms with Crippen LogP contribution in [0.5, 0.6) is 0 Å². The number of fused-ring (bicyclic) bond motifs is 1.